The number of carbonyl (C=O) groups excluding carboxylic acids is 1. The molecule has 1 fully saturated rings. The summed E-state index contributed by atoms with van der Waals surface area (Å²) in [6.07, 6.45) is 1.71. The standard InChI is InChI=1S/C26H29N7O/c1-2-32-15-17-33(18-16-32)19-20-3-9-23(10-4-20)30-26-29-13-11-24(31-26)21-5-7-22(8-6-21)25(34)28-14-12-27/h3-11,13H,2,14-19H2,1H3,(H,28,34)(H,29,30,31). The minimum atomic E-state index is -0.273. The van der Waals surface area contributed by atoms with Crippen LogP contribution in [0.2, 0.25) is 0 Å². The van der Waals surface area contributed by atoms with Crippen molar-refractivity contribution >= 4 is 17.5 Å². The first-order valence-corrected chi connectivity index (χ1v) is 11.5. The number of likely N-dealkylation sites (N-methyl/N-ethyl adjacent to an activating group) is 1. The third-order valence-electron chi connectivity index (χ3n) is 5.95. The van der Waals surface area contributed by atoms with Crippen LogP contribution in [0.5, 0.6) is 0 Å². The van der Waals surface area contributed by atoms with Gasteiger partial charge in [-0.2, -0.15) is 5.26 Å². The van der Waals surface area contributed by atoms with E-state index in [9.17, 15) is 4.79 Å². The zero-order valence-electron chi connectivity index (χ0n) is 19.4. The van der Waals surface area contributed by atoms with Crippen LogP contribution in [0.25, 0.3) is 11.3 Å². The summed E-state index contributed by atoms with van der Waals surface area (Å²) >= 11 is 0. The maximum atomic E-state index is 12.0. The number of nitrogens with one attached hydrogen (secondary N) is 2. The van der Waals surface area contributed by atoms with Gasteiger partial charge in [0.2, 0.25) is 5.95 Å². The molecule has 1 aliphatic heterocycles. The van der Waals surface area contributed by atoms with Gasteiger partial charge in [-0.25, -0.2) is 9.97 Å². The second kappa shape index (κ2) is 11.4. The number of rotatable bonds is 8. The van der Waals surface area contributed by atoms with Crippen molar-refractivity contribution in [3.63, 3.8) is 0 Å². The highest BCUT2D eigenvalue weighted by Crippen LogP contribution is 2.21. The van der Waals surface area contributed by atoms with Crippen LogP contribution in [-0.2, 0) is 6.54 Å². The third kappa shape index (κ3) is 6.16. The highest BCUT2D eigenvalue weighted by atomic mass is 16.1. The minimum absolute atomic E-state index is 0.0154. The van der Waals surface area contributed by atoms with Crippen molar-refractivity contribution in [2.45, 2.75) is 13.5 Å². The maximum Gasteiger partial charge on any atom is 0.252 e. The Labute approximate surface area is 200 Å². The van der Waals surface area contributed by atoms with E-state index in [2.05, 4.69) is 61.6 Å². The topological polar surface area (TPSA) is 97.2 Å². The van der Waals surface area contributed by atoms with Gasteiger partial charge in [0.25, 0.3) is 5.91 Å². The van der Waals surface area contributed by atoms with Crippen LogP contribution in [-0.4, -0.2) is 64.9 Å². The molecule has 1 aliphatic rings. The number of nitriles is 1. The molecule has 2 N–H and O–H groups in total. The second-order valence-electron chi connectivity index (χ2n) is 8.22. The molecule has 34 heavy (non-hydrogen) atoms. The van der Waals surface area contributed by atoms with Crippen LogP contribution in [0.15, 0.2) is 60.8 Å². The van der Waals surface area contributed by atoms with E-state index in [0.717, 1.165) is 56.2 Å². The van der Waals surface area contributed by atoms with E-state index in [1.54, 1.807) is 18.3 Å². The minimum Gasteiger partial charge on any atom is -0.339 e. The molecular weight excluding hydrogens is 426 g/mol. The Hall–Kier alpha value is -3.80. The van der Waals surface area contributed by atoms with Gasteiger partial charge in [0, 0.05) is 55.7 Å². The van der Waals surface area contributed by atoms with Crippen molar-refractivity contribution in [1.29, 1.82) is 5.26 Å². The quantitative estimate of drug-likeness (QED) is 0.503. The summed E-state index contributed by atoms with van der Waals surface area (Å²) in [6.45, 7) is 8.80. The predicted molar refractivity (Wildman–Crippen MR) is 133 cm³/mol. The monoisotopic (exact) mass is 455 g/mol. The van der Waals surface area contributed by atoms with Gasteiger partial charge in [0.1, 0.15) is 6.54 Å². The average molecular weight is 456 g/mol. The zero-order chi connectivity index (χ0) is 23.8. The SMILES string of the molecule is CCN1CCN(Cc2ccc(Nc3nccc(-c4ccc(C(=O)NCC#N)cc4)n3)cc2)CC1. The van der Waals surface area contributed by atoms with Crippen molar-refractivity contribution < 1.29 is 4.79 Å². The maximum absolute atomic E-state index is 12.0. The molecule has 0 atom stereocenters. The Morgan fingerprint density at radius 3 is 2.38 bits per heavy atom. The second-order valence-corrected chi connectivity index (χ2v) is 8.22. The van der Waals surface area contributed by atoms with Crippen LogP contribution in [0, 0.1) is 11.3 Å². The van der Waals surface area contributed by atoms with E-state index in [1.807, 2.05) is 24.3 Å². The lowest BCUT2D eigenvalue weighted by Crippen LogP contribution is -2.45. The van der Waals surface area contributed by atoms with Gasteiger partial charge in [-0.15, -0.1) is 0 Å². The molecule has 0 unspecified atom stereocenters. The zero-order valence-corrected chi connectivity index (χ0v) is 19.4. The number of carbonyl (C=O) groups is 1. The van der Waals surface area contributed by atoms with Crippen LogP contribution in [0.1, 0.15) is 22.8 Å². The lowest BCUT2D eigenvalue weighted by atomic mass is 10.1. The first-order chi connectivity index (χ1) is 16.6. The first-order valence-electron chi connectivity index (χ1n) is 11.5. The van der Waals surface area contributed by atoms with Crippen molar-refractivity contribution in [1.82, 2.24) is 25.1 Å². The van der Waals surface area contributed by atoms with Gasteiger partial charge in [-0.05, 0) is 42.4 Å². The Bertz CT molecular complexity index is 1130. The lowest BCUT2D eigenvalue weighted by molar-refractivity contribution is 0.0958. The molecule has 4 rings (SSSR count). The Balaban J connectivity index is 1.36. The van der Waals surface area contributed by atoms with Crippen molar-refractivity contribution in [2.75, 3.05) is 44.6 Å². The molecule has 174 valence electrons. The van der Waals surface area contributed by atoms with Gasteiger partial charge in [0.15, 0.2) is 0 Å². The van der Waals surface area contributed by atoms with Crippen molar-refractivity contribution in [3.8, 4) is 17.3 Å². The summed E-state index contributed by atoms with van der Waals surface area (Å²) < 4.78 is 0. The third-order valence-corrected chi connectivity index (χ3v) is 5.95. The smallest absolute Gasteiger partial charge is 0.252 e. The van der Waals surface area contributed by atoms with Crippen LogP contribution >= 0.6 is 0 Å². The normalized spacial score (nSPS) is 14.4. The predicted octanol–water partition coefficient (Wildman–Crippen LogP) is 3.28. The number of aromatic nitrogens is 2. The van der Waals surface area contributed by atoms with Gasteiger partial charge in [0.05, 0.1) is 11.8 Å². The number of nitrogens with zero attached hydrogens (tertiary/aromatic N) is 5. The lowest BCUT2D eigenvalue weighted by Gasteiger charge is -2.34. The van der Waals surface area contributed by atoms with E-state index >= 15 is 0 Å². The van der Waals surface area contributed by atoms with E-state index in [1.165, 1.54) is 5.56 Å². The molecule has 0 spiro atoms. The highest BCUT2D eigenvalue weighted by molar-refractivity contribution is 5.94. The number of hydrogen-bond donors (Lipinski definition) is 2. The molecule has 3 aromatic rings. The average Bonchev–Trinajstić information content (AvgIpc) is 2.89. The summed E-state index contributed by atoms with van der Waals surface area (Å²) in [4.78, 5) is 25.9. The van der Waals surface area contributed by atoms with Crippen molar-refractivity contribution in [3.05, 3.63) is 71.9 Å². The summed E-state index contributed by atoms with van der Waals surface area (Å²) in [5.74, 6) is 0.238. The molecule has 8 heteroatoms. The van der Waals surface area contributed by atoms with E-state index in [0.29, 0.717) is 11.5 Å². The Morgan fingerprint density at radius 1 is 1.00 bits per heavy atom. The number of piperazine rings is 1. The number of anilines is 2. The summed E-state index contributed by atoms with van der Waals surface area (Å²) in [5.41, 5.74) is 4.36. The molecule has 8 nitrogen and oxygen atoms in total. The summed E-state index contributed by atoms with van der Waals surface area (Å²) in [6, 6.07) is 19.3. The Kier molecular flexibility index (Phi) is 7.81. The van der Waals surface area contributed by atoms with Crippen LogP contribution in [0.4, 0.5) is 11.6 Å². The summed E-state index contributed by atoms with van der Waals surface area (Å²) in [7, 11) is 0. The van der Waals surface area contributed by atoms with Gasteiger partial charge >= 0.3 is 0 Å². The molecule has 0 aliphatic carbocycles. The molecule has 0 saturated carbocycles. The number of amides is 1. The number of hydrogen-bond acceptors (Lipinski definition) is 7. The van der Waals surface area contributed by atoms with Crippen molar-refractivity contribution in [2.24, 2.45) is 0 Å². The molecule has 1 saturated heterocycles. The van der Waals surface area contributed by atoms with E-state index in [4.69, 9.17) is 5.26 Å². The fraction of sp³-hybridized carbons (Fsp3) is 0.308. The molecule has 1 aromatic heterocycles. The first kappa shape index (κ1) is 23.4. The largest absolute Gasteiger partial charge is 0.339 e. The molecular formula is C26H29N7O. The highest BCUT2D eigenvalue weighted by Gasteiger charge is 2.15. The number of benzene rings is 2. The Morgan fingerprint density at radius 2 is 1.71 bits per heavy atom. The van der Waals surface area contributed by atoms with Crippen LogP contribution in [0.3, 0.4) is 0 Å². The fourth-order valence-electron chi connectivity index (χ4n) is 3.94. The molecule has 0 bridgehead atoms. The van der Waals surface area contributed by atoms with Gasteiger partial charge in [-0.3, -0.25) is 9.69 Å². The molecule has 1 amide bonds. The van der Waals surface area contributed by atoms with E-state index < -0.39 is 0 Å². The fourth-order valence-corrected chi connectivity index (χ4v) is 3.94. The molecule has 2 heterocycles. The summed E-state index contributed by atoms with van der Waals surface area (Å²) in [5, 5.41) is 14.4. The van der Waals surface area contributed by atoms with Gasteiger partial charge < -0.3 is 15.5 Å². The molecule has 0 radical (unpaired) electrons. The van der Waals surface area contributed by atoms with E-state index in [-0.39, 0.29) is 12.5 Å². The van der Waals surface area contributed by atoms with Gasteiger partial charge in [-0.1, -0.05) is 31.2 Å². The molecule has 2 aromatic carbocycles. The van der Waals surface area contributed by atoms with Crippen LogP contribution < -0.4 is 10.6 Å².